The van der Waals surface area contributed by atoms with Crippen molar-refractivity contribution in [1.29, 1.82) is 0 Å². The number of nitrogens with one attached hydrogen (secondary N) is 1. The van der Waals surface area contributed by atoms with Crippen LogP contribution in [0.15, 0.2) is 18.2 Å². The lowest BCUT2D eigenvalue weighted by Gasteiger charge is -2.30. The molecule has 6 nitrogen and oxygen atoms in total. The number of non-ortho nitro benzene ring substituents is 1. The Morgan fingerprint density at radius 2 is 2.22 bits per heavy atom. The monoisotopic (exact) mass is 334 g/mol. The normalized spacial score (nSPS) is 16.7. The molecule has 1 saturated heterocycles. The van der Waals surface area contributed by atoms with Gasteiger partial charge in [-0.1, -0.05) is 18.3 Å². The van der Waals surface area contributed by atoms with Crippen LogP contribution < -0.4 is 5.32 Å². The van der Waals surface area contributed by atoms with Gasteiger partial charge in [-0.2, -0.15) is 0 Å². The van der Waals surface area contributed by atoms with E-state index in [1.54, 1.807) is 12.1 Å². The lowest BCUT2D eigenvalue weighted by Crippen LogP contribution is -2.34. The molecule has 1 N–H and O–H groups in total. The van der Waals surface area contributed by atoms with Gasteiger partial charge in [0.25, 0.3) is 5.69 Å². The number of aromatic nitrogens is 1. The molecule has 124 valence electrons. The van der Waals surface area contributed by atoms with E-state index < -0.39 is 0 Å². The number of anilines is 1. The summed E-state index contributed by atoms with van der Waals surface area (Å²) in [5, 5.41) is 15.0. The first-order valence-electron chi connectivity index (χ1n) is 8.13. The van der Waals surface area contributed by atoms with E-state index >= 15 is 0 Å². The van der Waals surface area contributed by atoms with Crippen molar-refractivity contribution in [2.75, 3.05) is 31.5 Å². The lowest BCUT2D eigenvalue weighted by molar-refractivity contribution is -0.384. The largest absolute Gasteiger partial charge is 0.361 e. The van der Waals surface area contributed by atoms with Crippen LogP contribution in [0.2, 0.25) is 0 Å². The average molecular weight is 334 g/mol. The van der Waals surface area contributed by atoms with Crippen molar-refractivity contribution in [3.63, 3.8) is 0 Å². The second-order valence-electron chi connectivity index (χ2n) is 6.23. The summed E-state index contributed by atoms with van der Waals surface area (Å²) < 4.78 is 0.853. The van der Waals surface area contributed by atoms with Crippen molar-refractivity contribution in [3.8, 4) is 0 Å². The molecule has 0 aliphatic carbocycles. The van der Waals surface area contributed by atoms with Gasteiger partial charge in [-0.05, 0) is 50.9 Å². The van der Waals surface area contributed by atoms with Crippen LogP contribution in [0.4, 0.5) is 10.8 Å². The lowest BCUT2D eigenvalue weighted by atomic mass is 9.99. The summed E-state index contributed by atoms with van der Waals surface area (Å²) in [6, 6.07) is 4.81. The minimum atomic E-state index is -0.369. The third-order valence-corrected chi connectivity index (χ3v) is 5.36. The van der Waals surface area contributed by atoms with Gasteiger partial charge in [-0.3, -0.25) is 10.1 Å². The fraction of sp³-hybridized carbons (Fsp3) is 0.562. The molecule has 1 aliphatic rings. The summed E-state index contributed by atoms with van der Waals surface area (Å²) in [4.78, 5) is 17.4. The van der Waals surface area contributed by atoms with Gasteiger partial charge in [0.2, 0.25) is 0 Å². The minimum Gasteiger partial charge on any atom is -0.361 e. The summed E-state index contributed by atoms with van der Waals surface area (Å²) in [7, 11) is 0. The molecule has 2 heterocycles. The van der Waals surface area contributed by atoms with E-state index in [9.17, 15) is 10.1 Å². The molecule has 1 aromatic carbocycles. The van der Waals surface area contributed by atoms with Crippen molar-refractivity contribution in [3.05, 3.63) is 28.3 Å². The standard InChI is InChI=1S/C16H22N4O2S/c1-12-5-9-19(10-6-12)8-2-7-17-16-18-14-4-3-13(20(21)22)11-15(14)23-16/h3-4,11-12H,2,5-10H2,1H3,(H,17,18). The maximum atomic E-state index is 10.8. The van der Waals surface area contributed by atoms with Crippen molar-refractivity contribution >= 4 is 32.4 Å². The highest BCUT2D eigenvalue weighted by molar-refractivity contribution is 7.22. The smallest absolute Gasteiger partial charge is 0.270 e. The average Bonchev–Trinajstić information content (AvgIpc) is 2.95. The van der Waals surface area contributed by atoms with Gasteiger partial charge in [0.15, 0.2) is 5.13 Å². The van der Waals surface area contributed by atoms with E-state index in [2.05, 4.69) is 22.1 Å². The summed E-state index contributed by atoms with van der Waals surface area (Å²) >= 11 is 1.47. The number of thiazole rings is 1. The van der Waals surface area contributed by atoms with Crippen LogP contribution in [-0.2, 0) is 0 Å². The maximum absolute atomic E-state index is 10.8. The van der Waals surface area contributed by atoms with Gasteiger partial charge in [0, 0.05) is 18.7 Å². The Morgan fingerprint density at radius 3 is 2.96 bits per heavy atom. The van der Waals surface area contributed by atoms with Crippen molar-refractivity contribution in [2.24, 2.45) is 5.92 Å². The maximum Gasteiger partial charge on any atom is 0.270 e. The zero-order valence-corrected chi connectivity index (χ0v) is 14.1. The molecule has 7 heteroatoms. The minimum absolute atomic E-state index is 0.118. The van der Waals surface area contributed by atoms with Crippen LogP contribution in [-0.4, -0.2) is 41.0 Å². The zero-order chi connectivity index (χ0) is 16.2. The Morgan fingerprint density at radius 1 is 1.43 bits per heavy atom. The highest BCUT2D eigenvalue weighted by Gasteiger charge is 2.15. The number of nitro groups is 1. The topological polar surface area (TPSA) is 71.3 Å². The number of rotatable bonds is 6. The molecule has 0 saturated carbocycles. The van der Waals surface area contributed by atoms with Gasteiger partial charge >= 0.3 is 0 Å². The number of hydrogen-bond acceptors (Lipinski definition) is 6. The third kappa shape index (κ3) is 4.17. The molecule has 0 amide bonds. The fourth-order valence-corrected chi connectivity index (χ4v) is 3.81. The molecule has 3 rings (SSSR count). The number of nitro benzene ring substituents is 1. The Bertz CT molecular complexity index is 680. The Balaban J connectivity index is 1.48. The molecular formula is C16H22N4O2S. The van der Waals surface area contributed by atoms with Crippen LogP contribution in [0.5, 0.6) is 0 Å². The Labute approximate surface area is 139 Å². The molecule has 0 radical (unpaired) electrons. The number of nitrogens with zero attached hydrogens (tertiary/aromatic N) is 3. The number of benzene rings is 1. The first-order chi connectivity index (χ1) is 11.1. The van der Waals surface area contributed by atoms with Gasteiger partial charge in [-0.15, -0.1) is 0 Å². The van der Waals surface area contributed by atoms with E-state index in [1.807, 2.05) is 0 Å². The molecule has 0 bridgehead atoms. The van der Waals surface area contributed by atoms with Gasteiger partial charge in [-0.25, -0.2) is 4.98 Å². The van der Waals surface area contributed by atoms with Crippen LogP contribution in [0.3, 0.4) is 0 Å². The van der Waals surface area contributed by atoms with E-state index in [0.717, 1.165) is 40.8 Å². The molecule has 0 unspecified atom stereocenters. The summed E-state index contributed by atoms with van der Waals surface area (Å²) in [6.45, 7) is 6.76. The SMILES string of the molecule is CC1CCN(CCCNc2nc3ccc([N+](=O)[O-])cc3s2)CC1. The molecule has 1 aromatic heterocycles. The number of piperidine rings is 1. The first kappa shape index (κ1) is 16.1. The highest BCUT2D eigenvalue weighted by atomic mass is 32.1. The molecule has 2 aromatic rings. The highest BCUT2D eigenvalue weighted by Crippen LogP contribution is 2.29. The quantitative estimate of drug-likeness (QED) is 0.495. The van der Waals surface area contributed by atoms with E-state index in [0.29, 0.717) is 0 Å². The van der Waals surface area contributed by atoms with E-state index in [4.69, 9.17) is 0 Å². The molecule has 0 spiro atoms. The summed E-state index contributed by atoms with van der Waals surface area (Å²) in [6.07, 6.45) is 3.71. The predicted octanol–water partition coefficient (Wildman–Crippen LogP) is 3.74. The third-order valence-electron chi connectivity index (χ3n) is 4.39. The van der Waals surface area contributed by atoms with Gasteiger partial charge < -0.3 is 10.2 Å². The molecule has 1 fully saturated rings. The van der Waals surface area contributed by atoms with Crippen LogP contribution in [0.1, 0.15) is 26.2 Å². The zero-order valence-electron chi connectivity index (χ0n) is 13.3. The number of likely N-dealkylation sites (tertiary alicyclic amines) is 1. The number of fused-ring (bicyclic) bond motifs is 1. The summed E-state index contributed by atoms with van der Waals surface area (Å²) in [5.41, 5.74) is 0.931. The second kappa shape index (κ2) is 7.23. The van der Waals surface area contributed by atoms with Crippen LogP contribution >= 0.6 is 11.3 Å². The second-order valence-corrected chi connectivity index (χ2v) is 7.26. The Kier molecular flexibility index (Phi) is 5.07. The van der Waals surface area contributed by atoms with E-state index in [1.165, 1.54) is 43.3 Å². The van der Waals surface area contributed by atoms with Crippen LogP contribution in [0, 0.1) is 16.0 Å². The fourth-order valence-electron chi connectivity index (χ4n) is 2.89. The van der Waals surface area contributed by atoms with Gasteiger partial charge in [0.1, 0.15) is 0 Å². The molecule has 1 aliphatic heterocycles. The number of hydrogen-bond donors (Lipinski definition) is 1. The van der Waals surface area contributed by atoms with Gasteiger partial charge in [0.05, 0.1) is 15.1 Å². The van der Waals surface area contributed by atoms with Crippen molar-refractivity contribution in [1.82, 2.24) is 9.88 Å². The first-order valence-corrected chi connectivity index (χ1v) is 8.94. The van der Waals surface area contributed by atoms with Crippen LogP contribution in [0.25, 0.3) is 10.2 Å². The molecule has 23 heavy (non-hydrogen) atoms. The molecular weight excluding hydrogens is 312 g/mol. The van der Waals surface area contributed by atoms with E-state index in [-0.39, 0.29) is 10.6 Å². The van der Waals surface area contributed by atoms with Crippen molar-refractivity contribution in [2.45, 2.75) is 26.2 Å². The summed E-state index contributed by atoms with van der Waals surface area (Å²) in [5.74, 6) is 0.871. The predicted molar refractivity (Wildman–Crippen MR) is 94.2 cm³/mol. The Hall–Kier alpha value is -1.73. The van der Waals surface area contributed by atoms with Crippen molar-refractivity contribution < 1.29 is 4.92 Å². The molecule has 0 atom stereocenters.